The molecule has 1 aromatic heterocycles. The van der Waals surface area contributed by atoms with Crippen molar-refractivity contribution in [2.45, 2.75) is 9.79 Å². The molecule has 0 aliphatic carbocycles. The van der Waals surface area contributed by atoms with Crippen molar-refractivity contribution in [3.8, 4) is 0 Å². The Morgan fingerprint density at radius 2 is 1.78 bits per heavy atom. The zero-order chi connectivity index (χ0) is 13.3. The fourth-order valence-corrected chi connectivity index (χ4v) is 3.23. The molecule has 0 spiro atoms. The summed E-state index contributed by atoms with van der Waals surface area (Å²) in [6, 6.07) is 5.57. The van der Waals surface area contributed by atoms with E-state index in [0.717, 1.165) is 12.1 Å². The second-order valence-electron chi connectivity index (χ2n) is 3.42. The number of pyridine rings is 1. The van der Waals surface area contributed by atoms with Crippen molar-refractivity contribution in [1.29, 1.82) is 0 Å². The van der Waals surface area contributed by atoms with Crippen LogP contribution in [-0.2, 0) is 9.84 Å². The van der Waals surface area contributed by atoms with Gasteiger partial charge in [0.25, 0.3) is 0 Å². The molecular weight excluding hydrogens is 300 g/mol. The first-order chi connectivity index (χ1) is 8.39. The van der Waals surface area contributed by atoms with E-state index in [9.17, 15) is 12.8 Å². The summed E-state index contributed by atoms with van der Waals surface area (Å²) in [6.45, 7) is 0. The van der Waals surface area contributed by atoms with Crippen molar-refractivity contribution < 1.29 is 12.8 Å². The summed E-state index contributed by atoms with van der Waals surface area (Å²) >= 11 is 11.3. The van der Waals surface area contributed by atoms with Crippen LogP contribution in [0.1, 0.15) is 0 Å². The summed E-state index contributed by atoms with van der Waals surface area (Å²) in [6.07, 6.45) is 1.26. The van der Waals surface area contributed by atoms with Gasteiger partial charge in [0, 0.05) is 11.2 Å². The van der Waals surface area contributed by atoms with Gasteiger partial charge >= 0.3 is 0 Å². The van der Waals surface area contributed by atoms with Crippen LogP contribution in [0.15, 0.2) is 46.3 Å². The molecule has 0 aliphatic rings. The van der Waals surface area contributed by atoms with E-state index in [0.29, 0.717) is 0 Å². The molecule has 0 bridgehead atoms. The first kappa shape index (κ1) is 13.3. The minimum atomic E-state index is -3.86. The van der Waals surface area contributed by atoms with Crippen LogP contribution in [0.2, 0.25) is 10.2 Å². The van der Waals surface area contributed by atoms with Crippen LogP contribution in [-0.4, -0.2) is 13.4 Å². The molecule has 0 fully saturated rings. The van der Waals surface area contributed by atoms with Crippen molar-refractivity contribution in [2.24, 2.45) is 0 Å². The SMILES string of the molecule is O=S(=O)(c1cc(F)cc(Cl)c1)c1ccnc(Cl)c1. The van der Waals surface area contributed by atoms with Crippen molar-refractivity contribution in [2.75, 3.05) is 0 Å². The summed E-state index contributed by atoms with van der Waals surface area (Å²) in [5, 5.41) is 0.0484. The Balaban J connectivity index is 2.61. The molecule has 0 saturated carbocycles. The second-order valence-corrected chi connectivity index (χ2v) is 6.20. The van der Waals surface area contributed by atoms with Gasteiger partial charge in [0.1, 0.15) is 11.0 Å². The van der Waals surface area contributed by atoms with E-state index in [4.69, 9.17) is 23.2 Å². The van der Waals surface area contributed by atoms with Crippen molar-refractivity contribution in [1.82, 2.24) is 4.98 Å². The molecule has 7 heteroatoms. The van der Waals surface area contributed by atoms with Crippen LogP contribution in [0, 0.1) is 5.82 Å². The summed E-state index contributed by atoms with van der Waals surface area (Å²) in [5.74, 6) is -0.721. The zero-order valence-electron chi connectivity index (χ0n) is 8.77. The van der Waals surface area contributed by atoms with Crippen LogP contribution in [0.3, 0.4) is 0 Å². The number of sulfone groups is 1. The van der Waals surface area contributed by atoms with Gasteiger partial charge in [-0.2, -0.15) is 0 Å². The average Bonchev–Trinajstić information content (AvgIpc) is 2.27. The smallest absolute Gasteiger partial charge is 0.206 e. The number of hydrogen-bond acceptors (Lipinski definition) is 3. The molecule has 0 aliphatic heterocycles. The fraction of sp³-hybridized carbons (Fsp3) is 0. The Labute approximate surface area is 113 Å². The first-order valence-electron chi connectivity index (χ1n) is 4.72. The van der Waals surface area contributed by atoms with Crippen LogP contribution >= 0.6 is 23.2 Å². The van der Waals surface area contributed by atoms with E-state index in [2.05, 4.69) is 4.98 Å². The molecule has 0 saturated heterocycles. The van der Waals surface area contributed by atoms with Gasteiger partial charge in [-0.3, -0.25) is 0 Å². The maximum atomic E-state index is 13.2. The average molecular weight is 306 g/mol. The lowest BCUT2D eigenvalue weighted by molar-refractivity contribution is 0.590. The number of benzene rings is 1. The highest BCUT2D eigenvalue weighted by Crippen LogP contribution is 2.25. The van der Waals surface area contributed by atoms with E-state index in [1.165, 1.54) is 24.4 Å². The summed E-state index contributed by atoms with van der Waals surface area (Å²) in [5.41, 5.74) is 0. The lowest BCUT2D eigenvalue weighted by Gasteiger charge is -2.05. The monoisotopic (exact) mass is 305 g/mol. The van der Waals surface area contributed by atoms with E-state index in [1.54, 1.807) is 0 Å². The molecule has 0 amide bonds. The van der Waals surface area contributed by atoms with Gasteiger partial charge < -0.3 is 0 Å². The zero-order valence-corrected chi connectivity index (χ0v) is 11.1. The quantitative estimate of drug-likeness (QED) is 0.799. The van der Waals surface area contributed by atoms with Gasteiger partial charge in [-0.05, 0) is 30.3 Å². The van der Waals surface area contributed by atoms with Crippen molar-refractivity contribution in [3.63, 3.8) is 0 Å². The fourth-order valence-electron chi connectivity index (χ4n) is 1.37. The van der Waals surface area contributed by atoms with Crippen molar-refractivity contribution in [3.05, 3.63) is 52.5 Å². The summed E-state index contributed by atoms with van der Waals surface area (Å²) in [4.78, 5) is 3.39. The highest BCUT2D eigenvalue weighted by atomic mass is 35.5. The molecule has 1 heterocycles. The predicted molar refractivity (Wildman–Crippen MR) is 66.1 cm³/mol. The number of rotatable bonds is 2. The van der Waals surface area contributed by atoms with Crippen LogP contribution in [0.5, 0.6) is 0 Å². The van der Waals surface area contributed by atoms with Gasteiger partial charge in [-0.1, -0.05) is 23.2 Å². The van der Waals surface area contributed by atoms with Gasteiger partial charge in [-0.25, -0.2) is 17.8 Å². The van der Waals surface area contributed by atoms with Gasteiger partial charge in [0.2, 0.25) is 9.84 Å². The molecule has 0 atom stereocenters. The third kappa shape index (κ3) is 2.63. The molecule has 1 aromatic carbocycles. The number of aromatic nitrogens is 1. The third-order valence-electron chi connectivity index (χ3n) is 2.15. The Morgan fingerprint density at radius 3 is 2.39 bits per heavy atom. The lowest BCUT2D eigenvalue weighted by Crippen LogP contribution is -2.03. The third-order valence-corrected chi connectivity index (χ3v) is 4.31. The Morgan fingerprint density at radius 1 is 1.06 bits per heavy atom. The maximum Gasteiger partial charge on any atom is 0.206 e. The number of nitrogens with zero attached hydrogens (tertiary/aromatic N) is 1. The molecule has 2 aromatic rings. The van der Waals surface area contributed by atoms with Gasteiger partial charge in [0.05, 0.1) is 9.79 Å². The largest absolute Gasteiger partial charge is 0.244 e. The molecular formula is C11H6Cl2FNO2S. The normalized spacial score (nSPS) is 11.5. The maximum absolute atomic E-state index is 13.2. The van der Waals surface area contributed by atoms with Gasteiger partial charge in [0.15, 0.2) is 0 Å². The molecule has 18 heavy (non-hydrogen) atoms. The predicted octanol–water partition coefficient (Wildman–Crippen LogP) is 3.36. The highest BCUT2D eigenvalue weighted by molar-refractivity contribution is 7.91. The number of hydrogen-bond donors (Lipinski definition) is 0. The lowest BCUT2D eigenvalue weighted by atomic mass is 10.3. The van der Waals surface area contributed by atoms with E-state index in [-0.39, 0.29) is 20.0 Å². The van der Waals surface area contributed by atoms with E-state index < -0.39 is 15.7 Å². The minimum absolute atomic E-state index is 0.00808. The first-order valence-corrected chi connectivity index (χ1v) is 6.96. The molecule has 3 nitrogen and oxygen atoms in total. The highest BCUT2D eigenvalue weighted by Gasteiger charge is 2.19. The van der Waals surface area contributed by atoms with Gasteiger partial charge in [-0.15, -0.1) is 0 Å². The summed E-state index contributed by atoms with van der Waals surface area (Å²) < 4.78 is 37.5. The topological polar surface area (TPSA) is 47.0 Å². The Hall–Kier alpha value is -1.17. The molecule has 0 unspecified atom stereocenters. The standard InChI is InChI=1S/C11H6Cl2FNO2S/c12-7-3-8(14)5-10(4-7)18(16,17)9-1-2-15-11(13)6-9/h1-6H. The molecule has 2 rings (SSSR count). The van der Waals surface area contributed by atoms with Crippen LogP contribution in [0.4, 0.5) is 4.39 Å². The minimum Gasteiger partial charge on any atom is -0.244 e. The molecule has 0 radical (unpaired) electrons. The molecule has 94 valence electrons. The molecule has 0 N–H and O–H groups in total. The van der Waals surface area contributed by atoms with Crippen LogP contribution in [0.25, 0.3) is 0 Å². The second kappa shape index (κ2) is 4.84. The van der Waals surface area contributed by atoms with E-state index in [1.807, 2.05) is 0 Å². The Bertz CT molecular complexity index is 684. The Kier molecular flexibility index (Phi) is 3.56. The summed E-state index contributed by atoms with van der Waals surface area (Å²) in [7, 11) is -3.86. The number of halogens is 3. The van der Waals surface area contributed by atoms with Crippen molar-refractivity contribution >= 4 is 33.0 Å². The van der Waals surface area contributed by atoms with Crippen LogP contribution < -0.4 is 0 Å². The van der Waals surface area contributed by atoms with E-state index >= 15 is 0 Å².